The number of benzene rings is 3. The highest BCUT2D eigenvalue weighted by molar-refractivity contribution is 5.90. The highest BCUT2D eigenvalue weighted by atomic mass is 16.5. The fourth-order valence-corrected chi connectivity index (χ4v) is 3.80. The molecule has 146 valence electrons. The zero-order chi connectivity index (χ0) is 20.5. The molecule has 0 aromatic heterocycles. The molecule has 3 aromatic carbocycles. The van der Waals surface area contributed by atoms with Crippen molar-refractivity contribution < 1.29 is 19.4 Å². The molecule has 4 rings (SSSR count). The number of carboxylic acid groups (broad SMARTS) is 1. The summed E-state index contributed by atoms with van der Waals surface area (Å²) in [6, 6.07) is 19.0. The van der Waals surface area contributed by atoms with Crippen molar-refractivity contribution in [3.8, 4) is 11.1 Å². The van der Waals surface area contributed by atoms with Crippen molar-refractivity contribution in [2.45, 2.75) is 12.0 Å². The maximum absolute atomic E-state index is 12.6. The van der Waals surface area contributed by atoms with Crippen LogP contribution in [0.4, 0.5) is 5.69 Å². The number of anilines is 1. The first kappa shape index (κ1) is 18.7. The van der Waals surface area contributed by atoms with Crippen molar-refractivity contribution >= 4 is 17.6 Å². The van der Waals surface area contributed by atoms with E-state index in [4.69, 9.17) is 21.3 Å². The standard InChI is InChI=1S/C23H20N2O4/c24-20-10-9-13(22(26)27)11-18(20)21(25)23(28)29-12-19-16-7-3-1-5-14(16)15-6-2-4-8-17(15)19/h1-11,19,21H,12,24-25H2,(H,26,27). The second kappa shape index (κ2) is 7.41. The van der Waals surface area contributed by atoms with Crippen molar-refractivity contribution in [3.05, 3.63) is 89.0 Å². The maximum Gasteiger partial charge on any atom is 0.335 e. The lowest BCUT2D eigenvalue weighted by Gasteiger charge is -2.18. The molecule has 6 heteroatoms. The van der Waals surface area contributed by atoms with Gasteiger partial charge in [-0.25, -0.2) is 9.59 Å². The summed E-state index contributed by atoms with van der Waals surface area (Å²) in [6.45, 7) is 0.138. The summed E-state index contributed by atoms with van der Waals surface area (Å²) >= 11 is 0. The van der Waals surface area contributed by atoms with Crippen LogP contribution in [0.25, 0.3) is 11.1 Å². The Morgan fingerprint density at radius 2 is 1.55 bits per heavy atom. The molecule has 1 aliphatic carbocycles. The van der Waals surface area contributed by atoms with Gasteiger partial charge in [0.1, 0.15) is 12.6 Å². The van der Waals surface area contributed by atoms with Gasteiger partial charge in [-0.05, 0) is 40.5 Å². The van der Waals surface area contributed by atoms with Gasteiger partial charge in [0.25, 0.3) is 0 Å². The van der Waals surface area contributed by atoms with Crippen LogP contribution < -0.4 is 11.5 Å². The highest BCUT2D eigenvalue weighted by Crippen LogP contribution is 2.44. The fraction of sp³-hybridized carbons (Fsp3) is 0.130. The Hall–Kier alpha value is -3.64. The lowest BCUT2D eigenvalue weighted by atomic mass is 9.98. The van der Waals surface area contributed by atoms with Gasteiger partial charge >= 0.3 is 11.9 Å². The van der Waals surface area contributed by atoms with E-state index in [1.54, 1.807) is 0 Å². The Kier molecular flexibility index (Phi) is 4.78. The van der Waals surface area contributed by atoms with Crippen LogP contribution in [0.1, 0.15) is 39.0 Å². The first-order valence-electron chi connectivity index (χ1n) is 9.20. The van der Waals surface area contributed by atoms with Gasteiger partial charge in [-0.15, -0.1) is 0 Å². The quantitative estimate of drug-likeness (QED) is 0.456. The first-order chi connectivity index (χ1) is 14.0. The fourth-order valence-electron chi connectivity index (χ4n) is 3.80. The molecule has 0 fully saturated rings. The van der Waals surface area contributed by atoms with E-state index in [-0.39, 0.29) is 29.3 Å². The minimum atomic E-state index is -1.17. The number of rotatable bonds is 5. The molecule has 3 aromatic rings. The Bertz CT molecular complexity index is 1060. The van der Waals surface area contributed by atoms with E-state index < -0.39 is 18.0 Å². The van der Waals surface area contributed by atoms with Gasteiger partial charge in [0.2, 0.25) is 0 Å². The van der Waals surface area contributed by atoms with Crippen molar-refractivity contribution in [2.75, 3.05) is 12.3 Å². The van der Waals surface area contributed by atoms with Gasteiger partial charge in [-0.1, -0.05) is 48.5 Å². The number of hydrogen-bond acceptors (Lipinski definition) is 5. The molecule has 0 saturated heterocycles. The monoisotopic (exact) mass is 388 g/mol. The second-order valence-corrected chi connectivity index (χ2v) is 6.98. The zero-order valence-electron chi connectivity index (χ0n) is 15.5. The number of nitrogen functional groups attached to an aromatic ring is 1. The SMILES string of the molecule is Nc1ccc(C(=O)O)cc1C(N)C(=O)OCC1c2ccccc2-c2ccccc21. The summed E-state index contributed by atoms with van der Waals surface area (Å²) in [6.07, 6.45) is 0. The predicted molar refractivity (Wildman–Crippen MR) is 109 cm³/mol. The Labute approximate surface area is 167 Å². The van der Waals surface area contributed by atoms with Gasteiger partial charge in [-0.2, -0.15) is 0 Å². The van der Waals surface area contributed by atoms with E-state index in [1.807, 2.05) is 36.4 Å². The number of nitrogens with two attached hydrogens (primary N) is 2. The van der Waals surface area contributed by atoms with Gasteiger partial charge in [0.15, 0.2) is 0 Å². The lowest BCUT2D eigenvalue weighted by Crippen LogP contribution is -2.26. The van der Waals surface area contributed by atoms with Crippen molar-refractivity contribution in [2.24, 2.45) is 5.73 Å². The van der Waals surface area contributed by atoms with Crippen molar-refractivity contribution in [1.82, 2.24) is 0 Å². The molecular formula is C23H20N2O4. The summed E-state index contributed by atoms with van der Waals surface area (Å²) < 4.78 is 5.54. The van der Waals surface area contributed by atoms with E-state index in [9.17, 15) is 9.59 Å². The molecule has 5 N–H and O–H groups in total. The Balaban J connectivity index is 1.55. The minimum absolute atomic E-state index is 0.0103. The number of ether oxygens (including phenoxy) is 1. The molecule has 0 bridgehead atoms. The topological polar surface area (TPSA) is 116 Å². The van der Waals surface area contributed by atoms with E-state index >= 15 is 0 Å². The first-order valence-corrected chi connectivity index (χ1v) is 9.20. The molecule has 0 saturated carbocycles. The molecular weight excluding hydrogens is 368 g/mol. The molecule has 0 heterocycles. The van der Waals surface area contributed by atoms with Crippen LogP contribution in [0.15, 0.2) is 66.7 Å². The second-order valence-electron chi connectivity index (χ2n) is 6.98. The number of aromatic carboxylic acids is 1. The predicted octanol–water partition coefficient (Wildman–Crippen LogP) is 3.32. The third kappa shape index (κ3) is 3.34. The normalized spacial score (nSPS) is 13.4. The van der Waals surface area contributed by atoms with Crippen LogP contribution in [-0.4, -0.2) is 23.7 Å². The molecule has 0 aliphatic heterocycles. The number of fused-ring (bicyclic) bond motifs is 3. The van der Waals surface area contributed by atoms with Crippen LogP contribution in [0.5, 0.6) is 0 Å². The molecule has 1 unspecified atom stereocenters. The maximum atomic E-state index is 12.6. The number of carbonyl (C=O) groups is 2. The van der Waals surface area contributed by atoms with Crippen molar-refractivity contribution in [1.29, 1.82) is 0 Å². The van der Waals surface area contributed by atoms with Gasteiger partial charge in [0, 0.05) is 17.2 Å². The molecule has 29 heavy (non-hydrogen) atoms. The summed E-state index contributed by atoms with van der Waals surface area (Å²) in [4.78, 5) is 23.8. The minimum Gasteiger partial charge on any atom is -0.478 e. The van der Waals surface area contributed by atoms with Gasteiger partial charge in [-0.3, -0.25) is 0 Å². The Morgan fingerprint density at radius 3 is 2.14 bits per heavy atom. The number of esters is 1. The van der Waals surface area contributed by atoms with Gasteiger partial charge < -0.3 is 21.3 Å². The molecule has 0 spiro atoms. The average molecular weight is 388 g/mol. The molecule has 0 radical (unpaired) electrons. The van der Waals surface area contributed by atoms with E-state index in [0.717, 1.165) is 22.3 Å². The zero-order valence-corrected chi connectivity index (χ0v) is 15.5. The molecule has 1 atom stereocenters. The van der Waals surface area contributed by atoms with Gasteiger partial charge in [0.05, 0.1) is 5.56 Å². The molecule has 6 nitrogen and oxygen atoms in total. The average Bonchev–Trinajstić information content (AvgIpc) is 3.05. The van der Waals surface area contributed by atoms with E-state index in [0.29, 0.717) is 0 Å². The van der Waals surface area contributed by atoms with Crippen LogP contribution >= 0.6 is 0 Å². The number of carboxylic acids is 1. The lowest BCUT2D eigenvalue weighted by molar-refractivity contribution is -0.145. The van der Waals surface area contributed by atoms with Crippen molar-refractivity contribution in [3.63, 3.8) is 0 Å². The molecule has 1 aliphatic rings. The largest absolute Gasteiger partial charge is 0.478 e. The van der Waals surface area contributed by atoms with Crippen LogP contribution in [-0.2, 0) is 9.53 Å². The summed E-state index contributed by atoms with van der Waals surface area (Å²) in [5, 5.41) is 9.16. The number of hydrogen-bond donors (Lipinski definition) is 3. The smallest absolute Gasteiger partial charge is 0.335 e. The van der Waals surface area contributed by atoms with Crippen LogP contribution in [0.2, 0.25) is 0 Å². The summed E-state index contributed by atoms with van der Waals surface area (Å²) in [7, 11) is 0. The highest BCUT2D eigenvalue weighted by Gasteiger charge is 2.30. The van der Waals surface area contributed by atoms with Crippen LogP contribution in [0.3, 0.4) is 0 Å². The Morgan fingerprint density at radius 1 is 0.966 bits per heavy atom. The van der Waals surface area contributed by atoms with E-state index in [1.165, 1.54) is 18.2 Å². The number of carbonyl (C=O) groups excluding carboxylic acids is 1. The van der Waals surface area contributed by atoms with Crippen LogP contribution in [0, 0.1) is 0 Å². The third-order valence-electron chi connectivity index (χ3n) is 5.28. The summed E-state index contributed by atoms with van der Waals surface area (Å²) in [5.74, 6) is -1.85. The third-order valence-corrected chi connectivity index (χ3v) is 5.28. The van der Waals surface area contributed by atoms with E-state index in [2.05, 4.69) is 12.1 Å². The summed E-state index contributed by atoms with van der Waals surface area (Å²) in [5.41, 5.74) is 16.9. The molecule has 0 amide bonds.